The van der Waals surface area contributed by atoms with E-state index in [0.717, 1.165) is 0 Å². The lowest BCUT2D eigenvalue weighted by Crippen LogP contribution is -2.30. The second kappa shape index (κ2) is 8.08. The molecule has 6 heteroatoms. The monoisotopic (exact) mass is 258 g/mol. The van der Waals surface area contributed by atoms with Crippen LogP contribution in [0, 0.1) is 0 Å². The van der Waals surface area contributed by atoms with Crippen LogP contribution in [0.1, 0.15) is 34.1 Å². The van der Waals surface area contributed by atoms with Gasteiger partial charge in [0, 0.05) is 12.2 Å². The van der Waals surface area contributed by atoms with Gasteiger partial charge in [-0.05, 0) is 40.2 Å². The van der Waals surface area contributed by atoms with E-state index in [-0.39, 0.29) is 24.7 Å². The minimum absolute atomic E-state index is 0.0139. The molecule has 1 unspecified atom stereocenters. The highest BCUT2D eigenvalue weighted by Crippen LogP contribution is 2.16. The van der Waals surface area contributed by atoms with Gasteiger partial charge in [0.05, 0.1) is 0 Å². The van der Waals surface area contributed by atoms with Crippen LogP contribution in [-0.2, 0) is 8.85 Å². The maximum atomic E-state index is 12.7. The van der Waals surface area contributed by atoms with Crippen LogP contribution in [-0.4, -0.2) is 34.1 Å². The molecule has 0 spiro atoms. The molecule has 0 aliphatic carbocycles. The van der Waals surface area contributed by atoms with Crippen molar-refractivity contribution in [3.63, 3.8) is 0 Å². The van der Waals surface area contributed by atoms with Crippen molar-refractivity contribution in [1.82, 2.24) is 0 Å². The Morgan fingerprint density at radius 1 is 0.938 bits per heavy atom. The molecule has 0 aromatic rings. The Labute approximate surface area is 97.0 Å². The molecule has 0 saturated heterocycles. The summed E-state index contributed by atoms with van der Waals surface area (Å²) in [6.07, 6.45) is -5.19. The van der Waals surface area contributed by atoms with E-state index in [4.69, 9.17) is 8.85 Å². The van der Waals surface area contributed by atoms with Gasteiger partial charge in [-0.2, -0.15) is 0 Å². The molecule has 0 aliphatic rings. The molecule has 0 aromatic heterocycles. The molecule has 0 N–H and O–H groups in total. The van der Waals surface area contributed by atoms with E-state index in [2.05, 4.69) is 0 Å². The fourth-order valence-electron chi connectivity index (χ4n) is 1.20. The number of hydrogen-bond donors (Lipinski definition) is 0. The Balaban J connectivity index is 4.00. The molecule has 0 saturated carbocycles. The first kappa shape index (κ1) is 15.9. The quantitative estimate of drug-likeness (QED) is 0.623. The summed E-state index contributed by atoms with van der Waals surface area (Å²) in [4.78, 5) is 0. The van der Waals surface area contributed by atoms with Gasteiger partial charge in [0.15, 0.2) is 6.17 Å². The number of hydrogen-bond acceptors (Lipinski definition) is 2. The number of rotatable bonds is 8. The lowest BCUT2D eigenvalue weighted by molar-refractivity contribution is 0.0455. The molecule has 0 aromatic carbocycles. The van der Waals surface area contributed by atoms with E-state index >= 15 is 0 Å². The minimum atomic E-state index is -2.91. The van der Waals surface area contributed by atoms with Gasteiger partial charge in [0.1, 0.15) is 0 Å². The highest BCUT2D eigenvalue weighted by molar-refractivity contribution is 6.44. The maximum Gasteiger partial charge on any atom is 0.321 e. The standard InChI is InChI=1S/C10H21F3O2Si/c1-7(2)14-16(15-8(3)4)6-5-9(11)10(12)13/h7-10,16H,5-6H2,1-4H3. The normalized spacial score (nSPS) is 14.4. The summed E-state index contributed by atoms with van der Waals surface area (Å²) >= 11 is 0. The third-order valence-corrected chi connectivity index (χ3v) is 4.30. The predicted octanol–water partition coefficient (Wildman–Crippen LogP) is 3.05. The van der Waals surface area contributed by atoms with E-state index in [1.54, 1.807) is 0 Å². The molecular weight excluding hydrogens is 237 g/mol. The van der Waals surface area contributed by atoms with Crippen LogP contribution in [0.4, 0.5) is 13.2 Å². The second-order valence-electron chi connectivity index (χ2n) is 4.23. The van der Waals surface area contributed by atoms with E-state index in [0.29, 0.717) is 0 Å². The lowest BCUT2D eigenvalue weighted by Gasteiger charge is -2.21. The van der Waals surface area contributed by atoms with Crippen molar-refractivity contribution in [2.45, 2.75) is 65.0 Å². The Morgan fingerprint density at radius 2 is 1.38 bits per heavy atom. The zero-order chi connectivity index (χ0) is 12.7. The van der Waals surface area contributed by atoms with Crippen LogP contribution in [0.25, 0.3) is 0 Å². The molecule has 0 fully saturated rings. The molecule has 2 nitrogen and oxygen atoms in total. The summed E-state index contributed by atoms with van der Waals surface area (Å²) < 4.78 is 47.6. The summed E-state index contributed by atoms with van der Waals surface area (Å²) in [5, 5.41) is 0. The second-order valence-corrected chi connectivity index (χ2v) is 6.21. The van der Waals surface area contributed by atoms with Gasteiger partial charge >= 0.3 is 9.28 Å². The largest absolute Gasteiger partial charge is 0.394 e. The SMILES string of the molecule is CC(C)O[SiH](CCC(F)C(F)F)OC(C)C. The fourth-order valence-corrected chi connectivity index (χ4v) is 3.34. The van der Waals surface area contributed by atoms with Gasteiger partial charge < -0.3 is 8.85 Å². The van der Waals surface area contributed by atoms with Gasteiger partial charge in [0.2, 0.25) is 0 Å². The first-order valence-electron chi connectivity index (χ1n) is 5.56. The van der Waals surface area contributed by atoms with E-state index in [9.17, 15) is 13.2 Å². The van der Waals surface area contributed by atoms with Crippen molar-refractivity contribution in [1.29, 1.82) is 0 Å². The topological polar surface area (TPSA) is 18.5 Å². The van der Waals surface area contributed by atoms with Gasteiger partial charge in [0.25, 0.3) is 6.43 Å². The molecule has 16 heavy (non-hydrogen) atoms. The number of alkyl halides is 3. The third kappa shape index (κ3) is 8.12. The summed E-state index contributed by atoms with van der Waals surface area (Å²) in [6, 6.07) is 0.280. The van der Waals surface area contributed by atoms with Crippen molar-refractivity contribution in [3.8, 4) is 0 Å². The third-order valence-electron chi connectivity index (χ3n) is 1.80. The van der Waals surface area contributed by atoms with Gasteiger partial charge in [-0.15, -0.1) is 0 Å². The summed E-state index contributed by atoms with van der Waals surface area (Å²) in [6.45, 7) is 7.40. The Bertz CT molecular complexity index is 169. The summed E-state index contributed by atoms with van der Waals surface area (Å²) in [5.41, 5.74) is 0. The van der Waals surface area contributed by atoms with E-state index in [1.165, 1.54) is 0 Å². The van der Waals surface area contributed by atoms with Gasteiger partial charge in [-0.1, -0.05) is 0 Å². The minimum Gasteiger partial charge on any atom is -0.394 e. The van der Waals surface area contributed by atoms with Crippen molar-refractivity contribution in [3.05, 3.63) is 0 Å². The Hall–Kier alpha value is -0.0731. The average molecular weight is 258 g/mol. The first-order chi connectivity index (χ1) is 7.32. The molecule has 0 rings (SSSR count). The van der Waals surface area contributed by atoms with Crippen LogP contribution in [0.2, 0.25) is 6.04 Å². The Morgan fingerprint density at radius 3 is 1.69 bits per heavy atom. The van der Waals surface area contributed by atoms with E-state index in [1.807, 2.05) is 27.7 Å². The molecule has 0 aliphatic heterocycles. The van der Waals surface area contributed by atoms with Crippen molar-refractivity contribution < 1.29 is 22.0 Å². The molecule has 0 bridgehead atoms. The van der Waals surface area contributed by atoms with Crippen LogP contribution in [0.3, 0.4) is 0 Å². The lowest BCUT2D eigenvalue weighted by atomic mass is 10.3. The van der Waals surface area contributed by atoms with Crippen molar-refractivity contribution >= 4 is 9.28 Å². The first-order valence-corrected chi connectivity index (χ1v) is 7.32. The molecule has 1 atom stereocenters. The molecular formula is C10H21F3O2Si. The molecule has 98 valence electrons. The number of halogens is 3. The summed E-state index contributed by atoms with van der Waals surface area (Å²) in [7, 11) is -2.02. The van der Waals surface area contributed by atoms with E-state index < -0.39 is 21.9 Å². The van der Waals surface area contributed by atoms with Crippen molar-refractivity contribution in [2.24, 2.45) is 0 Å². The fraction of sp³-hybridized carbons (Fsp3) is 1.00. The smallest absolute Gasteiger partial charge is 0.321 e. The zero-order valence-corrected chi connectivity index (χ0v) is 11.4. The predicted molar refractivity (Wildman–Crippen MR) is 59.9 cm³/mol. The Kier molecular flexibility index (Phi) is 8.05. The van der Waals surface area contributed by atoms with Crippen LogP contribution in [0.15, 0.2) is 0 Å². The van der Waals surface area contributed by atoms with Crippen molar-refractivity contribution in [2.75, 3.05) is 0 Å². The maximum absolute atomic E-state index is 12.7. The average Bonchev–Trinajstić information content (AvgIpc) is 2.11. The highest BCUT2D eigenvalue weighted by Gasteiger charge is 2.24. The highest BCUT2D eigenvalue weighted by atomic mass is 28.3. The molecule has 0 radical (unpaired) electrons. The van der Waals surface area contributed by atoms with Crippen LogP contribution in [0.5, 0.6) is 0 Å². The summed E-state index contributed by atoms with van der Waals surface area (Å²) in [5.74, 6) is 0. The molecule has 0 heterocycles. The molecule has 0 amide bonds. The van der Waals surface area contributed by atoms with Gasteiger partial charge in [-0.3, -0.25) is 0 Å². The van der Waals surface area contributed by atoms with Crippen LogP contribution >= 0.6 is 0 Å². The van der Waals surface area contributed by atoms with Crippen LogP contribution < -0.4 is 0 Å². The zero-order valence-electron chi connectivity index (χ0n) is 10.3. The van der Waals surface area contributed by atoms with Gasteiger partial charge in [-0.25, -0.2) is 13.2 Å².